The van der Waals surface area contributed by atoms with Gasteiger partial charge in [-0.1, -0.05) is 91.9 Å². The molecule has 0 spiro atoms. The van der Waals surface area contributed by atoms with Crippen LogP contribution >= 0.6 is 0 Å². The molecule has 0 unspecified atom stereocenters. The van der Waals surface area contributed by atoms with E-state index < -0.39 is 8.07 Å². The molecule has 44 heavy (non-hydrogen) atoms. The molecule has 5 heteroatoms. The van der Waals surface area contributed by atoms with E-state index in [-0.39, 0.29) is 5.54 Å². The van der Waals surface area contributed by atoms with Crippen LogP contribution in [0, 0.1) is 0 Å². The van der Waals surface area contributed by atoms with E-state index in [1.807, 2.05) is 6.20 Å². The fourth-order valence-electron chi connectivity index (χ4n) is 6.76. The summed E-state index contributed by atoms with van der Waals surface area (Å²) in [4.78, 5) is 9.86. The monoisotopic (exact) mass is 594 g/mol. The van der Waals surface area contributed by atoms with Gasteiger partial charge in [-0.2, -0.15) is 0 Å². The Kier molecular flexibility index (Phi) is 6.70. The average Bonchev–Trinajstić information content (AvgIpc) is 3.58. The lowest BCUT2D eigenvalue weighted by molar-refractivity contribution is 0.518. The lowest BCUT2D eigenvalue weighted by Gasteiger charge is -2.34. The molecule has 0 bridgehead atoms. The van der Waals surface area contributed by atoms with Crippen LogP contribution in [0.1, 0.15) is 46.1 Å². The molecule has 0 aliphatic carbocycles. The van der Waals surface area contributed by atoms with E-state index in [9.17, 15) is 0 Å². The number of aromatic nitrogens is 2. The number of anilines is 3. The second-order valence-corrected chi connectivity index (χ2v) is 18.4. The van der Waals surface area contributed by atoms with Crippen molar-refractivity contribution in [2.75, 3.05) is 16.5 Å². The SMILES string of the molecule is CC(C)c1ccnc(-n2c3ccccc3c3ccc([Si](C)(C)c4cccc(N5CN(C(C)(C)C)c6ccccc65)c4)cc32)c1. The second-order valence-electron chi connectivity index (χ2n) is 14.0. The number of para-hydroxylation sites is 3. The summed E-state index contributed by atoms with van der Waals surface area (Å²) in [6, 6.07) is 38.4. The van der Waals surface area contributed by atoms with Gasteiger partial charge in [0.1, 0.15) is 13.9 Å². The molecule has 3 heterocycles. The van der Waals surface area contributed by atoms with Gasteiger partial charge in [0.25, 0.3) is 0 Å². The van der Waals surface area contributed by atoms with Crippen molar-refractivity contribution < 1.29 is 0 Å². The topological polar surface area (TPSA) is 24.3 Å². The van der Waals surface area contributed by atoms with Gasteiger partial charge in [0, 0.05) is 28.2 Å². The van der Waals surface area contributed by atoms with Crippen molar-refractivity contribution in [2.24, 2.45) is 0 Å². The number of hydrogen-bond acceptors (Lipinski definition) is 3. The van der Waals surface area contributed by atoms with E-state index in [4.69, 9.17) is 4.98 Å². The Morgan fingerprint density at radius 2 is 1.41 bits per heavy atom. The average molecular weight is 595 g/mol. The van der Waals surface area contributed by atoms with Gasteiger partial charge < -0.3 is 9.80 Å². The minimum absolute atomic E-state index is 0.0356. The molecule has 0 saturated carbocycles. The third kappa shape index (κ3) is 4.62. The molecular weight excluding hydrogens is 553 g/mol. The van der Waals surface area contributed by atoms with Crippen molar-refractivity contribution in [3.05, 3.63) is 115 Å². The fraction of sp³-hybridized carbons (Fsp3) is 0.256. The maximum atomic E-state index is 4.88. The van der Waals surface area contributed by atoms with Crippen molar-refractivity contribution in [1.29, 1.82) is 0 Å². The predicted octanol–water partition coefficient (Wildman–Crippen LogP) is 8.84. The van der Waals surface area contributed by atoms with Crippen LogP contribution in [0.2, 0.25) is 13.1 Å². The summed E-state index contributed by atoms with van der Waals surface area (Å²) in [6.45, 7) is 17.2. The lowest BCUT2D eigenvalue weighted by Crippen LogP contribution is -2.53. The van der Waals surface area contributed by atoms with Gasteiger partial charge in [-0.15, -0.1) is 0 Å². The highest BCUT2D eigenvalue weighted by Gasteiger charge is 2.34. The molecule has 0 N–H and O–H groups in total. The van der Waals surface area contributed by atoms with Gasteiger partial charge >= 0.3 is 0 Å². The van der Waals surface area contributed by atoms with Crippen LogP contribution in [0.25, 0.3) is 27.6 Å². The third-order valence-corrected chi connectivity index (χ3v) is 13.0. The Balaban J connectivity index is 1.34. The fourth-order valence-corrected chi connectivity index (χ4v) is 9.11. The van der Waals surface area contributed by atoms with Crippen LogP contribution in [0.5, 0.6) is 0 Å². The smallest absolute Gasteiger partial charge is 0.137 e. The molecule has 4 aromatic carbocycles. The van der Waals surface area contributed by atoms with E-state index in [2.05, 4.69) is 165 Å². The van der Waals surface area contributed by atoms with E-state index in [1.54, 1.807) is 0 Å². The van der Waals surface area contributed by atoms with E-state index in [0.29, 0.717) is 5.92 Å². The first-order valence-corrected chi connectivity index (χ1v) is 18.8. The number of pyridine rings is 1. The van der Waals surface area contributed by atoms with E-state index in [1.165, 1.54) is 54.8 Å². The molecule has 0 atom stereocenters. The zero-order valence-corrected chi connectivity index (χ0v) is 28.0. The molecule has 0 fully saturated rings. The Morgan fingerprint density at radius 3 is 2.18 bits per heavy atom. The lowest BCUT2D eigenvalue weighted by atomic mass is 10.1. The molecule has 7 rings (SSSR count). The highest BCUT2D eigenvalue weighted by Crippen LogP contribution is 2.43. The minimum atomic E-state index is -2.08. The Labute approximate surface area is 262 Å². The van der Waals surface area contributed by atoms with Gasteiger partial charge in [0.15, 0.2) is 0 Å². The molecule has 0 amide bonds. The summed E-state index contributed by atoms with van der Waals surface area (Å²) in [5.41, 5.74) is 7.60. The third-order valence-electron chi connectivity index (χ3n) is 9.50. The first-order chi connectivity index (χ1) is 21.0. The molecule has 2 aromatic heterocycles. The summed E-state index contributed by atoms with van der Waals surface area (Å²) in [5, 5.41) is 5.40. The standard InChI is InChI=1S/C39H42N4Si/c1-27(2)28-21-22-40-38(23-28)43-34-16-9-8-15-32(34)33-20-19-31(25-37(33)43)44(6,7)30-14-12-13-29(24-30)41-26-42(39(3,4)5)36-18-11-10-17-35(36)41/h8-25,27H,26H2,1-7H3. The van der Waals surface area contributed by atoms with Crippen LogP contribution in [0.15, 0.2) is 109 Å². The summed E-state index contributed by atoms with van der Waals surface area (Å²) in [5.74, 6) is 1.43. The maximum absolute atomic E-state index is 4.88. The van der Waals surface area contributed by atoms with Crippen molar-refractivity contribution in [3.8, 4) is 5.82 Å². The summed E-state index contributed by atoms with van der Waals surface area (Å²) in [7, 11) is -2.08. The molecule has 0 saturated heterocycles. The number of benzene rings is 4. The van der Waals surface area contributed by atoms with Crippen LogP contribution < -0.4 is 20.2 Å². The Hall–Kier alpha value is -4.35. The normalized spacial score (nSPS) is 13.8. The van der Waals surface area contributed by atoms with Crippen molar-refractivity contribution in [1.82, 2.24) is 9.55 Å². The number of hydrogen-bond donors (Lipinski definition) is 0. The van der Waals surface area contributed by atoms with E-state index in [0.717, 1.165) is 12.5 Å². The molecular formula is C39H42N4Si. The van der Waals surface area contributed by atoms with Gasteiger partial charge in [0.2, 0.25) is 0 Å². The van der Waals surface area contributed by atoms with Crippen LogP contribution in [0.4, 0.5) is 17.1 Å². The van der Waals surface area contributed by atoms with Crippen LogP contribution in [-0.4, -0.2) is 29.8 Å². The molecule has 6 aromatic rings. The number of fused-ring (bicyclic) bond motifs is 4. The van der Waals surface area contributed by atoms with Gasteiger partial charge in [-0.3, -0.25) is 4.57 Å². The molecule has 1 aliphatic rings. The van der Waals surface area contributed by atoms with Crippen molar-refractivity contribution in [2.45, 2.75) is 59.2 Å². The first-order valence-electron chi connectivity index (χ1n) is 15.8. The summed E-state index contributed by atoms with van der Waals surface area (Å²) in [6.07, 6.45) is 1.95. The van der Waals surface area contributed by atoms with Crippen LogP contribution in [0.3, 0.4) is 0 Å². The molecule has 0 radical (unpaired) electrons. The largest absolute Gasteiger partial charge is 0.347 e. The Morgan fingerprint density at radius 1 is 0.705 bits per heavy atom. The zero-order chi connectivity index (χ0) is 30.8. The van der Waals surface area contributed by atoms with Gasteiger partial charge in [0.05, 0.1) is 29.1 Å². The van der Waals surface area contributed by atoms with Crippen LogP contribution in [-0.2, 0) is 0 Å². The molecule has 1 aliphatic heterocycles. The quantitative estimate of drug-likeness (QED) is 0.186. The highest BCUT2D eigenvalue weighted by atomic mass is 28.3. The van der Waals surface area contributed by atoms with E-state index >= 15 is 0 Å². The van der Waals surface area contributed by atoms with Crippen molar-refractivity contribution in [3.63, 3.8) is 0 Å². The zero-order valence-electron chi connectivity index (χ0n) is 27.0. The van der Waals surface area contributed by atoms with Crippen molar-refractivity contribution >= 4 is 57.3 Å². The minimum Gasteiger partial charge on any atom is -0.347 e. The maximum Gasteiger partial charge on any atom is 0.137 e. The Bertz CT molecular complexity index is 2010. The number of nitrogens with zero attached hydrogens (tertiary/aromatic N) is 4. The predicted molar refractivity (Wildman–Crippen MR) is 192 cm³/mol. The van der Waals surface area contributed by atoms with Gasteiger partial charge in [-0.25, -0.2) is 4.98 Å². The first kappa shape index (κ1) is 28.4. The number of rotatable bonds is 5. The summed E-state index contributed by atoms with van der Waals surface area (Å²) < 4.78 is 2.36. The highest BCUT2D eigenvalue weighted by molar-refractivity contribution is 7.00. The molecule has 222 valence electrons. The summed E-state index contributed by atoms with van der Waals surface area (Å²) >= 11 is 0. The second kappa shape index (κ2) is 10.4. The molecule has 4 nitrogen and oxygen atoms in total. The van der Waals surface area contributed by atoms with Gasteiger partial charge in [-0.05, 0) is 80.8 Å².